The van der Waals surface area contributed by atoms with Crippen LogP contribution in [0, 0.1) is 18.8 Å². The highest BCUT2D eigenvalue weighted by Crippen LogP contribution is 2.38. The number of aromatic amines is 1. The number of nitrogens with one attached hydrogen (secondary N) is 1. The number of aliphatic hydroxyl groups excluding tert-OH is 1. The fourth-order valence-corrected chi connectivity index (χ4v) is 2.98. The molecule has 0 radical (unpaired) electrons. The van der Waals surface area contributed by atoms with Crippen molar-refractivity contribution in [2.75, 3.05) is 13.1 Å². The first kappa shape index (κ1) is 10.7. The lowest BCUT2D eigenvalue weighted by molar-refractivity contribution is 0.0741. The molecule has 1 aromatic heterocycles. The Morgan fingerprint density at radius 2 is 2.29 bits per heavy atom. The lowest BCUT2D eigenvalue weighted by atomic mass is 10.00. The number of carbonyl (C=O) groups excluding carboxylic acids is 1. The Labute approximate surface area is 99.0 Å². The summed E-state index contributed by atoms with van der Waals surface area (Å²) >= 11 is 0. The van der Waals surface area contributed by atoms with Crippen LogP contribution in [0.2, 0.25) is 0 Å². The summed E-state index contributed by atoms with van der Waals surface area (Å²) < 4.78 is 0. The molecule has 6 nitrogen and oxygen atoms in total. The molecular formula is C11H16N4O2. The van der Waals surface area contributed by atoms with Crippen LogP contribution in [0.25, 0.3) is 0 Å². The molecule has 1 aliphatic carbocycles. The van der Waals surface area contributed by atoms with E-state index in [0.717, 1.165) is 19.4 Å². The van der Waals surface area contributed by atoms with E-state index in [-0.39, 0.29) is 23.8 Å². The van der Waals surface area contributed by atoms with Gasteiger partial charge in [-0.3, -0.25) is 9.89 Å². The van der Waals surface area contributed by atoms with Gasteiger partial charge in [0.05, 0.1) is 6.10 Å². The van der Waals surface area contributed by atoms with Crippen LogP contribution in [-0.2, 0) is 0 Å². The molecule has 2 heterocycles. The van der Waals surface area contributed by atoms with E-state index in [1.165, 1.54) is 0 Å². The topological polar surface area (TPSA) is 82.1 Å². The molecule has 92 valence electrons. The van der Waals surface area contributed by atoms with Gasteiger partial charge in [0.15, 0.2) is 0 Å². The smallest absolute Gasteiger partial charge is 0.293 e. The first-order chi connectivity index (χ1) is 8.15. The minimum absolute atomic E-state index is 0.129. The van der Waals surface area contributed by atoms with Crippen molar-refractivity contribution in [3.8, 4) is 0 Å². The number of nitrogens with zero attached hydrogens (tertiary/aromatic N) is 3. The van der Waals surface area contributed by atoms with Gasteiger partial charge in [-0.25, -0.2) is 4.98 Å². The molecule has 2 aliphatic rings. The molecule has 1 saturated carbocycles. The number of hydrogen-bond donors (Lipinski definition) is 2. The number of likely N-dealkylation sites (tertiary alicyclic amines) is 1. The standard InChI is InChI=1S/C11H16N4O2/c1-6-12-10(14-13-6)11(17)15-4-7-2-3-9(16)8(7)5-15/h7-9,16H,2-5H2,1H3,(H,12,13,14). The van der Waals surface area contributed by atoms with Gasteiger partial charge < -0.3 is 10.0 Å². The fourth-order valence-electron chi connectivity index (χ4n) is 2.98. The Morgan fingerprint density at radius 1 is 1.47 bits per heavy atom. The third-order valence-electron chi connectivity index (χ3n) is 3.89. The van der Waals surface area contributed by atoms with Crippen molar-refractivity contribution < 1.29 is 9.90 Å². The summed E-state index contributed by atoms with van der Waals surface area (Å²) in [6.45, 7) is 3.14. The lowest BCUT2D eigenvalue weighted by Crippen LogP contribution is -2.31. The molecule has 17 heavy (non-hydrogen) atoms. The summed E-state index contributed by atoms with van der Waals surface area (Å²) in [6.07, 6.45) is 1.64. The summed E-state index contributed by atoms with van der Waals surface area (Å²) in [6, 6.07) is 0. The zero-order valence-corrected chi connectivity index (χ0v) is 9.76. The Balaban J connectivity index is 1.73. The van der Waals surface area contributed by atoms with E-state index in [4.69, 9.17) is 0 Å². The van der Waals surface area contributed by atoms with Crippen molar-refractivity contribution in [2.24, 2.45) is 11.8 Å². The average molecular weight is 236 g/mol. The molecule has 0 spiro atoms. The number of aromatic nitrogens is 3. The second-order valence-electron chi connectivity index (χ2n) is 5.02. The molecule has 1 amide bonds. The molecule has 2 N–H and O–H groups in total. The van der Waals surface area contributed by atoms with Crippen LogP contribution in [0.3, 0.4) is 0 Å². The van der Waals surface area contributed by atoms with Crippen LogP contribution in [0.15, 0.2) is 0 Å². The molecule has 1 saturated heterocycles. The lowest BCUT2D eigenvalue weighted by Gasteiger charge is -2.16. The summed E-state index contributed by atoms with van der Waals surface area (Å²) in [5.41, 5.74) is 0. The zero-order chi connectivity index (χ0) is 12.0. The van der Waals surface area contributed by atoms with Crippen molar-refractivity contribution in [3.05, 3.63) is 11.6 Å². The second kappa shape index (κ2) is 3.80. The monoisotopic (exact) mass is 236 g/mol. The maximum absolute atomic E-state index is 12.1. The number of hydrogen-bond acceptors (Lipinski definition) is 4. The summed E-state index contributed by atoms with van der Waals surface area (Å²) in [7, 11) is 0. The highest BCUT2D eigenvalue weighted by atomic mass is 16.3. The average Bonchev–Trinajstić information content (AvgIpc) is 2.96. The highest BCUT2D eigenvalue weighted by molar-refractivity contribution is 5.90. The minimum Gasteiger partial charge on any atom is -0.393 e. The van der Waals surface area contributed by atoms with Gasteiger partial charge in [-0.15, -0.1) is 5.10 Å². The minimum atomic E-state index is -0.244. The number of amides is 1. The second-order valence-corrected chi connectivity index (χ2v) is 5.02. The number of carbonyl (C=O) groups is 1. The molecule has 3 atom stereocenters. The quantitative estimate of drug-likeness (QED) is 0.716. The van der Waals surface area contributed by atoms with Crippen molar-refractivity contribution >= 4 is 5.91 Å². The molecule has 3 rings (SSSR count). The summed E-state index contributed by atoms with van der Waals surface area (Å²) in [5, 5.41) is 16.4. The highest BCUT2D eigenvalue weighted by Gasteiger charge is 2.43. The van der Waals surface area contributed by atoms with E-state index < -0.39 is 0 Å². The van der Waals surface area contributed by atoms with Crippen LogP contribution in [0.4, 0.5) is 0 Å². The van der Waals surface area contributed by atoms with Gasteiger partial charge >= 0.3 is 0 Å². The Bertz CT molecular complexity index is 444. The maximum Gasteiger partial charge on any atom is 0.293 e. The Morgan fingerprint density at radius 3 is 2.94 bits per heavy atom. The molecule has 2 fully saturated rings. The van der Waals surface area contributed by atoms with E-state index in [2.05, 4.69) is 15.2 Å². The molecular weight excluding hydrogens is 220 g/mol. The van der Waals surface area contributed by atoms with Gasteiger partial charge in [-0.1, -0.05) is 0 Å². The van der Waals surface area contributed by atoms with E-state index in [0.29, 0.717) is 18.3 Å². The van der Waals surface area contributed by atoms with Crippen molar-refractivity contribution in [3.63, 3.8) is 0 Å². The van der Waals surface area contributed by atoms with Crippen LogP contribution < -0.4 is 0 Å². The van der Waals surface area contributed by atoms with E-state index >= 15 is 0 Å². The first-order valence-corrected chi connectivity index (χ1v) is 6.01. The van der Waals surface area contributed by atoms with Gasteiger partial charge in [0.25, 0.3) is 5.91 Å². The van der Waals surface area contributed by atoms with E-state index in [1.807, 2.05) is 0 Å². The first-order valence-electron chi connectivity index (χ1n) is 6.01. The number of fused-ring (bicyclic) bond motifs is 1. The molecule has 1 aliphatic heterocycles. The summed E-state index contributed by atoms with van der Waals surface area (Å²) in [4.78, 5) is 17.9. The third kappa shape index (κ3) is 1.72. The molecule has 1 aromatic rings. The fraction of sp³-hybridized carbons (Fsp3) is 0.727. The van der Waals surface area contributed by atoms with Gasteiger partial charge in [-0.2, -0.15) is 0 Å². The number of rotatable bonds is 1. The molecule has 0 aromatic carbocycles. The van der Waals surface area contributed by atoms with E-state index in [1.54, 1.807) is 11.8 Å². The van der Waals surface area contributed by atoms with Gasteiger partial charge in [0, 0.05) is 19.0 Å². The Hall–Kier alpha value is -1.43. The number of H-pyrrole nitrogens is 1. The summed E-state index contributed by atoms with van der Waals surface area (Å²) in [5.74, 6) is 1.45. The van der Waals surface area contributed by atoms with Crippen molar-refractivity contribution in [2.45, 2.75) is 25.9 Å². The number of aryl methyl sites for hydroxylation is 1. The van der Waals surface area contributed by atoms with E-state index in [9.17, 15) is 9.90 Å². The SMILES string of the molecule is Cc1nc(C(=O)N2CC3CCC(O)C3C2)n[nH]1. The van der Waals surface area contributed by atoms with Crippen LogP contribution in [-0.4, -0.2) is 50.3 Å². The molecule has 6 heteroatoms. The van der Waals surface area contributed by atoms with Crippen LogP contribution >= 0.6 is 0 Å². The number of aliphatic hydroxyl groups is 1. The molecule has 0 bridgehead atoms. The van der Waals surface area contributed by atoms with Crippen molar-refractivity contribution in [1.82, 2.24) is 20.1 Å². The molecule has 3 unspecified atom stereocenters. The van der Waals surface area contributed by atoms with Crippen molar-refractivity contribution in [1.29, 1.82) is 0 Å². The predicted molar refractivity (Wildman–Crippen MR) is 59.2 cm³/mol. The van der Waals surface area contributed by atoms with Gasteiger partial charge in [0.1, 0.15) is 5.82 Å². The zero-order valence-electron chi connectivity index (χ0n) is 9.76. The van der Waals surface area contributed by atoms with Gasteiger partial charge in [-0.05, 0) is 25.7 Å². The van der Waals surface area contributed by atoms with Crippen LogP contribution in [0.5, 0.6) is 0 Å². The third-order valence-corrected chi connectivity index (χ3v) is 3.89. The normalized spacial score (nSPS) is 31.9. The Kier molecular flexibility index (Phi) is 2.39. The van der Waals surface area contributed by atoms with Gasteiger partial charge in [0.2, 0.25) is 5.82 Å². The maximum atomic E-state index is 12.1. The van der Waals surface area contributed by atoms with Crippen LogP contribution in [0.1, 0.15) is 29.3 Å². The largest absolute Gasteiger partial charge is 0.393 e. The predicted octanol–water partition coefficient (Wildman–Crippen LogP) is -0.0440.